The van der Waals surface area contributed by atoms with Gasteiger partial charge in [-0.05, 0) is 32.1 Å². The summed E-state index contributed by atoms with van der Waals surface area (Å²) in [4.78, 5) is 10.3. The molecule has 0 aliphatic carbocycles. The maximum absolute atomic E-state index is 10.3. The monoisotopic (exact) mass is 593 g/mol. The molecule has 42 heavy (non-hydrogen) atoms. The largest absolute Gasteiger partial charge is 0.481 e. The molecule has 0 aliphatic heterocycles. The van der Waals surface area contributed by atoms with Gasteiger partial charge in [-0.1, -0.05) is 213 Å². The lowest BCUT2D eigenvalue weighted by molar-refractivity contribution is -0.137. The molecule has 0 aromatic carbocycles. The van der Waals surface area contributed by atoms with Crippen LogP contribution in [0.3, 0.4) is 0 Å². The Morgan fingerprint density at radius 3 is 0.810 bits per heavy atom. The van der Waals surface area contributed by atoms with Crippen molar-refractivity contribution in [2.24, 2.45) is 0 Å². The molecule has 0 atom stereocenters. The number of rotatable bonds is 34. The van der Waals surface area contributed by atoms with Crippen molar-refractivity contribution in [3.05, 3.63) is 12.2 Å². The van der Waals surface area contributed by atoms with E-state index in [-0.39, 0.29) is 0 Å². The van der Waals surface area contributed by atoms with Crippen LogP contribution in [-0.2, 0) is 4.79 Å². The van der Waals surface area contributed by atoms with Crippen LogP contribution < -0.4 is 0 Å². The molecule has 2 nitrogen and oxygen atoms in total. The molecule has 0 bridgehead atoms. The Labute approximate surface area is 266 Å². The fourth-order valence-corrected chi connectivity index (χ4v) is 5.68. The highest BCUT2D eigenvalue weighted by atomic mass is 16.4. The van der Waals surface area contributed by atoms with E-state index >= 15 is 0 Å². The standard InChI is InChI=1S/C22H46.C18H34O2/c1-3-5-7-9-11-13-15-17-19-21-22-20-18-16-14-12-10-8-6-4-2;1-2-3-4-5-6-7-8-9-10-11-12-13-14-15-16-17-18(19)20/h3-22H2,1-2H3;9-10H,2-8,11-17H2,1H3,(H,19,20)/b;10-9-. The summed E-state index contributed by atoms with van der Waals surface area (Å²) in [5, 5.41) is 8.51. The van der Waals surface area contributed by atoms with Crippen LogP contribution >= 0.6 is 0 Å². The lowest BCUT2D eigenvalue weighted by Gasteiger charge is -2.03. The minimum atomic E-state index is -0.664. The number of hydrogen-bond donors (Lipinski definition) is 1. The molecule has 0 radical (unpaired) electrons. The zero-order valence-electron chi connectivity index (χ0n) is 29.6. The summed E-state index contributed by atoms with van der Waals surface area (Å²) in [6.07, 6.45) is 50.6. The van der Waals surface area contributed by atoms with Crippen LogP contribution in [-0.4, -0.2) is 11.1 Å². The van der Waals surface area contributed by atoms with Crippen molar-refractivity contribution in [2.75, 3.05) is 0 Å². The fraction of sp³-hybridized carbons (Fsp3) is 0.925. The highest BCUT2D eigenvalue weighted by molar-refractivity contribution is 5.66. The van der Waals surface area contributed by atoms with Gasteiger partial charge >= 0.3 is 5.97 Å². The van der Waals surface area contributed by atoms with Gasteiger partial charge in [0.2, 0.25) is 0 Å². The van der Waals surface area contributed by atoms with E-state index in [0.717, 1.165) is 12.8 Å². The molecule has 0 saturated heterocycles. The maximum atomic E-state index is 10.3. The smallest absolute Gasteiger partial charge is 0.303 e. The second-order valence-corrected chi connectivity index (χ2v) is 13.1. The maximum Gasteiger partial charge on any atom is 0.303 e. The van der Waals surface area contributed by atoms with Crippen molar-refractivity contribution in [3.63, 3.8) is 0 Å². The Bertz CT molecular complexity index is 478. The summed E-state index contributed by atoms with van der Waals surface area (Å²) in [5.74, 6) is -0.664. The van der Waals surface area contributed by atoms with E-state index in [2.05, 4.69) is 32.9 Å². The van der Waals surface area contributed by atoms with Crippen molar-refractivity contribution in [1.29, 1.82) is 0 Å². The first-order chi connectivity index (χ1) is 20.7. The Balaban J connectivity index is 0. The van der Waals surface area contributed by atoms with Gasteiger partial charge in [0.1, 0.15) is 0 Å². The molecule has 0 heterocycles. The topological polar surface area (TPSA) is 37.3 Å². The third kappa shape index (κ3) is 46.2. The summed E-state index contributed by atoms with van der Waals surface area (Å²) >= 11 is 0. The van der Waals surface area contributed by atoms with Crippen LogP contribution in [0.4, 0.5) is 0 Å². The Morgan fingerprint density at radius 2 is 0.571 bits per heavy atom. The zero-order valence-corrected chi connectivity index (χ0v) is 29.6. The molecule has 0 aromatic rings. The molecule has 0 aromatic heterocycles. The summed E-state index contributed by atoms with van der Waals surface area (Å²) in [6, 6.07) is 0. The highest BCUT2D eigenvalue weighted by Gasteiger charge is 1.97. The van der Waals surface area contributed by atoms with E-state index in [1.807, 2.05) is 0 Å². The second-order valence-electron chi connectivity index (χ2n) is 13.1. The molecule has 0 saturated carbocycles. The van der Waals surface area contributed by atoms with Gasteiger partial charge in [-0.2, -0.15) is 0 Å². The van der Waals surface area contributed by atoms with Gasteiger partial charge in [0.05, 0.1) is 0 Å². The second kappa shape index (κ2) is 42.3. The van der Waals surface area contributed by atoms with Gasteiger partial charge in [-0.15, -0.1) is 0 Å². The van der Waals surface area contributed by atoms with Gasteiger partial charge in [0.15, 0.2) is 0 Å². The first kappa shape index (κ1) is 43.3. The minimum absolute atomic E-state index is 0.332. The number of allylic oxidation sites excluding steroid dienone is 2. The molecular weight excluding hydrogens is 512 g/mol. The van der Waals surface area contributed by atoms with Crippen molar-refractivity contribution >= 4 is 5.97 Å². The molecule has 2 heteroatoms. The third-order valence-corrected chi connectivity index (χ3v) is 8.61. The molecule has 1 N–H and O–H groups in total. The molecule has 0 spiro atoms. The quantitative estimate of drug-likeness (QED) is 0.0596. The normalized spacial score (nSPS) is 11.2. The van der Waals surface area contributed by atoms with Crippen LogP contribution in [0.5, 0.6) is 0 Å². The molecule has 0 fully saturated rings. The van der Waals surface area contributed by atoms with Crippen LogP contribution in [0.15, 0.2) is 12.2 Å². The van der Waals surface area contributed by atoms with Crippen LogP contribution in [0, 0.1) is 0 Å². The van der Waals surface area contributed by atoms with Crippen LogP contribution in [0.25, 0.3) is 0 Å². The number of hydrogen-bond acceptors (Lipinski definition) is 1. The molecule has 0 unspecified atom stereocenters. The minimum Gasteiger partial charge on any atom is -0.481 e. The van der Waals surface area contributed by atoms with E-state index in [9.17, 15) is 4.79 Å². The van der Waals surface area contributed by atoms with E-state index in [4.69, 9.17) is 5.11 Å². The summed E-state index contributed by atoms with van der Waals surface area (Å²) < 4.78 is 0. The van der Waals surface area contributed by atoms with Gasteiger partial charge in [-0.25, -0.2) is 0 Å². The van der Waals surface area contributed by atoms with Gasteiger partial charge < -0.3 is 5.11 Å². The number of carboxylic acid groups (broad SMARTS) is 1. The van der Waals surface area contributed by atoms with Crippen molar-refractivity contribution in [1.82, 2.24) is 0 Å². The van der Waals surface area contributed by atoms with Crippen molar-refractivity contribution < 1.29 is 9.90 Å². The van der Waals surface area contributed by atoms with Crippen LogP contribution in [0.2, 0.25) is 0 Å². The van der Waals surface area contributed by atoms with Crippen molar-refractivity contribution in [3.8, 4) is 0 Å². The summed E-state index contributed by atoms with van der Waals surface area (Å²) in [7, 11) is 0. The Morgan fingerprint density at radius 1 is 0.357 bits per heavy atom. The highest BCUT2D eigenvalue weighted by Crippen LogP contribution is 2.15. The van der Waals surface area contributed by atoms with Crippen LogP contribution in [0.1, 0.15) is 239 Å². The molecule has 0 aliphatic rings. The predicted octanol–water partition coefficient (Wildman–Crippen LogP) is 14.9. The first-order valence-electron chi connectivity index (χ1n) is 19.6. The van der Waals surface area contributed by atoms with E-state index in [1.165, 1.54) is 199 Å². The number of carbonyl (C=O) groups is 1. The number of aliphatic carboxylic acids is 1. The Kier molecular flexibility index (Phi) is 43.7. The van der Waals surface area contributed by atoms with Crippen molar-refractivity contribution in [2.45, 2.75) is 239 Å². The number of carboxylic acids is 1. The zero-order chi connectivity index (χ0) is 31.0. The van der Waals surface area contributed by atoms with E-state index < -0.39 is 5.97 Å². The lowest BCUT2D eigenvalue weighted by atomic mass is 10.0. The molecule has 0 amide bonds. The predicted molar refractivity (Wildman–Crippen MR) is 191 cm³/mol. The molecular formula is C40H80O2. The SMILES string of the molecule is CCCCCCCC/C=C\CCCCCCCC(=O)O.CCCCCCCCCCCCCCCCCCCCCC. The molecule has 252 valence electrons. The Hall–Kier alpha value is -0.790. The summed E-state index contributed by atoms with van der Waals surface area (Å²) in [5.41, 5.74) is 0. The van der Waals surface area contributed by atoms with Gasteiger partial charge in [0, 0.05) is 6.42 Å². The first-order valence-corrected chi connectivity index (χ1v) is 19.6. The average molecular weight is 593 g/mol. The summed E-state index contributed by atoms with van der Waals surface area (Å²) in [6.45, 7) is 6.86. The van der Waals surface area contributed by atoms with E-state index in [0.29, 0.717) is 6.42 Å². The van der Waals surface area contributed by atoms with Gasteiger partial charge in [0.25, 0.3) is 0 Å². The van der Waals surface area contributed by atoms with Gasteiger partial charge in [-0.3, -0.25) is 4.79 Å². The van der Waals surface area contributed by atoms with E-state index in [1.54, 1.807) is 0 Å². The third-order valence-electron chi connectivity index (χ3n) is 8.61. The lowest BCUT2D eigenvalue weighted by Crippen LogP contribution is -1.93. The molecule has 0 rings (SSSR count). The fourth-order valence-electron chi connectivity index (χ4n) is 5.68. The average Bonchev–Trinajstić information content (AvgIpc) is 2.98. The number of unbranched alkanes of at least 4 members (excludes halogenated alkanes) is 30.